The lowest BCUT2D eigenvalue weighted by molar-refractivity contribution is -0.121. The van der Waals surface area contributed by atoms with Gasteiger partial charge in [0.05, 0.1) is 19.2 Å². The molecule has 1 atom stereocenters. The fourth-order valence-electron chi connectivity index (χ4n) is 1.64. The molecule has 18 heavy (non-hydrogen) atoms. The zero-order valence-electron chi connectivity index (χ0n) is 11.0. The maximum atomic E-state index is 11.6. The molecule has 0 radical (unpaired) electrons. The normalized spacial score (nSPS) is 12.4. The first-order valence-corrected chi connectivity index (χ1v) is 6.29. The average molecular weight is 250 g/mol. The minimum Gasteiger partial charge on any atom is -0.394 e. The number of aliphatic hydroxyl groups excluding tert-OH is 1. The van der Waals surface area contributed by atoms with Gasteiger partial charge in [0.2, 0.25) is 5.91 Å². The van der Waals surface area contributed by atoms with Crippen LogP contribution >= 0.6 is 0 Å². The highest BCUT2D eigenvalue weighted by Crippen LogP contribution is 2.02. The van der Waals surface area contributed by atoms with Gasteiger partial charge in [-0.2, -0.15) is 0 Å². The summed E-state index contributed by atoms with van der Waals surface area (Å²) >= 11 is 0. The summed E-state index contributed by atoms with van der Waals surface area (Å²) in [7, 11) is 0. The van der Waals surface area contributed by atoms with E-state index in [1.807, 2.05) is 44.2 Å². The van der Waals surface area contributed by atoms with Gasteiger partial charge >= 0.3 is 0 Å². The van der Waals surface area contributed by atoms with Crippen molar-refractivity contribution in [3.8, 4) is 0 Å². The van der Waals surface area contributed by atoms with Gasteiger partial charge in [-0.25, -0.2) is 0 Å². The van der Waals surface area contributed by atoms with Crippen molar-refractivity contribution in [1.82, 2.24) is 10.6 Å². The van der Waals surface area contributed by atoms with Crippen LogP contribution < -0.4 is 10.6 Å². The highest BCUT2D eigenvalue weighted by atomic mass is 16.3. The van der Waals surface area contributed by atoms with E-state index in [9.17, 15) is 9.90 Å². The fraction of sp³-hybridized carbons (Fsp3) is 0.500. The Labute approximate surface area is 108 Å². The van der Waals surface area contributed by atoms with Crippen LogP contribution in [0.5, 0.6) is 0 Å². The molecule has 1 amide bonds. The van der Waals surface area contributed by atoms with Gasteiger partial charge in [0.15, 0.2) is 0 Å². The molecule has 100 valence electrons. The van der Waals surface area contributed by atoms with Crippen LogP contribution in [0.1, 0.15) is 19.4 Å². The van der Waals surface area contributed by atoms with Gasteiger partial charge in [-0.3, -0.25) is 4.79 Å². The number of carbonyl (C=O) groups excluding carboxylic acids is 1. The Hall–Kier alpha value is -1.39. The summed E-state index contributed by atoms with van der Waals surface area (Å²) in [5, 5.41) is 15.1. The quantitative estimate of drug-likeness (QED) is 0.668. The van der Waals surface area contributed by atoms with E-state index in [1.54, 1.807) is 0 Å². The molecule has 3 N–H and O–H groups in total. The molecule has 0 saturated carbocycles. The second kappa shape index (κ2) is 7.84. The lowest BCUT2D eigenvalue weighted by atomic mass is 10.1. The van der Waals surface area contributed by atoms with E-state index in [2.05, 4.69) is 10.6 Å². The van der Waals surface area contributed by atoms with Gasteiger partial charge in [0.1, 0.15) is 0 Å². The maximum absolute atomic E-state index is 11.6. The van der Waals surface area contributed by atoms with Crippen LogP contribution in [-0.4, -0.2) is 36.2 Å². The van der Waals surface area contributed by atoms with E-state index in [-0.39, 0.29) is 31.1 Å². The number of hydrogen-bond acceptors (Lipinski definition) is 3. The number of aliphatic hydroxyl groups is 1. The third kappa shape index (κ3) is 5.80. The number of hydrogen-bond donors (Lipinski definition) is 3. The molecule has 0 aliphatic heterocycles. The van der Waals surface area contributed by atoms with Gasteiger partial charge in [-0.15, -0.1) is 0 Å². The molecule has 4 heteroatoms. The van der Waals surface area contributed by atoms with Crippen LogP contribution in [0, 0.1) is 0 Å². The molecule has 1 aromatic carbocycles. The van der Waals surface area contributed by atoms with Crippen LogP contribution in [0.2, 0.25) is 0 Å². The Morgan fingerprint density at radius 2 is 1.94 bits per heavy atom. The van der Waals surface area contributed by atoms with Crippen molar-refractivity contribution in [2.75, 3.05) is 13.2 Å². The van der Waals surface area contributed by atoms with E-state index in [0.717, 1.165) is 5.56 Å². The van der Waals surface area contributed by atoms with Crippen LogP contribution in [-0.2, 0) is 11.2 Å². The minimum atomic E-state index is -0.228. The fourth-order valence-corrected chi connectivity index (χ4v) is 1.64. The molecule has 0 spiro atoms. The Morgan fingerprint density at radius 1 is 1.28 bits per heavy atom. The summed E-state index contributed by atoms with van der Waals surface area (Å²) in [5.74, 6) is -0.0846. The number of rotatable bonds is 7. The molecule has 0 unspecified atom stereocenters. The first-order chi connectivity index (χ1) is 8.61. The molecule has 0 aliphatic rings. The van der Waals surface area contributed by atoms with E-state index in [1.165, 1.54) is 0 Å². The van der Waals surface area contributed by atoms with Crippen LogP contribution in [0.4, 0.5) is 0 Å². The second-order valence-corrected chi connectivity index (χ2v) is 4.67. The van der Waals surface area contributed by atoms with Crippen molar-refractivity contribution >= 4 is 5.91 Å². The second-order valence-electron chi connectivity index (χ2n) is 4.67. The third-order valence-electron chi connectivity index (χ3n) is 2.58. The molecule has 1 aromatic rings. The Bertz CT molecular complexity index is 352. The molecule has 0 heterocycles. The Balaban J connectivity index is 2.40. The highest BCUT2D eigenvalue weighted by molar-refractivity contribution is 5.78. The van der Waals surface area contributed by atoms with E-state index in [0.29, 0.717) is 6.42 Å². The third-order valence-corrected chi connectivity index (χ3v) is 2.58. The SMILES string of the molecule is CC(C)NCC(=O)N[C@H](CO)Cc1ccccc1. The molecule has 0 saturated heterocycles. The average Bonchev–Trinajstić information content (AvgIpc) is 2.37. The number of nitrogens with one attached hydrogen (secondary N) is 2. The van der Waals surface area contributed by atoms with Crippen molar-refractivity contribution in [2.45, 2.75) is 32.4 Å². The molecular weight excluding hydrogens is 228 g/mol. The van der Waals surface area contributed by atoms with E-state index >= 15 is 0 Å². The van der Waals surface area contributed by atoms with Gasteiger partial charge in [0, 0.05) is 6.04 Å². The first-order valence-electron chi connectivity index (χ1n) is 6.29. The number of carbonyl (C=O) groups is 1. The van der Waals surface area contributed by atoms with Gasteiger partial charge in [-0.1, -0.05) is 44.2 Å². The first kappa shape index (κ1) is 14.7. The standard InChI is InChI=1S/C14H22N2O2/c1-11(2)15-9-14(18)16-13(10-17)8-12-6-4-3-5-7-12/h3-7,11,13,15,17H,8-10H2,1-2H3,(H,16,18)/t13-/m0/s1. The Morgan fingerprint density at radius 3 is 2.50 bits per heavy atom. The molecular formula is C14H22N2O2. The monoisotopic (exact) mass is 250 g/mol. The molecule has 0 aliphatic carbocycles. The summed E-state index contributed by atoms with van der Waals surface area (Å²) in [4.78, 5) is 11.6. The smallest absolute Gasteiger partial charge is 0.234 e. The topological polar surface area (TPSA) is 61.4 Å². The van der Waals surface area contributed by atoms with Crippen molar-refractivity contribution in [2.24, 2.45) is 0 Å². The number of amides is 1. The van der Waals surface area contributed by atoms with Gasteiger partial charge in [-0.05, 0) is 12.0 Å². The molecule has 0 bridgehead atoms. The molecule has 4 nitrogen and oxygen atoms in total. The molecule has 0 fully saturated rings. The predicted octanol–water partition coefficient (Wildman–Crippen LogP) is 0.704. The van der Waals surface area contributed by atoms with Crippen molar-refractivity contribution in [3.63, 3.8) is 0 Å². The van der Waals surface area contributed by atoms with Crippen molar-refractivity contribution in [1.29, 1.82) is 0 Å². The van der Waals surface area contributed by atoms with Gasteiger partial charge < -0.3 is 15.7 Å². The lowest BCUT2D eigenvalue weighted by Crippen LogP contribution is -2.44. The molecule has 1 rings (SSSR count). The molecule has 0 aromatic heterocycles. The lowest BCUT2D eigenvalue weighted by Gasteiger charge is -2.17. The van der Waals surface area contributed by atoms with Gasteiger partial charge in [0.25, 0.3) is 0 Å². The van der Waals surface area contributed by atoms with Crippen molar-refractivity contribution in [3.05, 3.63) is 35.9 Å². The van der Waals surface area contributed by atoms with Crippen LogP contribution in [0.15, 0.2) is 30.3 Å². The summed E-state index contributed by atoms with van der Waals surface area (Å²) < 4.78 is 0. The van der Waals surface area contributed by atoms with E-state index in [4.69, 9.17) is 0 Å². The van der Waals surface area contributed by atoms with E-state index < -0.39 is 0 Å². The summed E-state index contributed by atoms with van der Waals surface area (Å²) in [5.41, 5.74) is 1.11. The highest BCUT2D eigenvalue weighted by Gasteiger charge is 2.11. The summed E-state index contributed by atoms with van der Waals surface area (Å²) in [6.45, 7) is 4.20. The summed E-state index contributed by atoms with van der Waals surface area (Å²) in [6.07, 6.45) is 0.644. The predicted molar refractivity (Wildman–Crippen MR) is 72.3 cm³/mol. The summed E-state index contributed by atoms with van der Waals surface area (Å²) in [6, 6.07) is 9.87. The zero-order valence-corrected chi connectivity index (χ0v) is 11.0. The van der Waals surface area contributed by atoms with Crippen LogP contribution in [0.3, 0.4) is 0 Å². The minimum absolute atomic E-state index is 0.0533. The zero-order chi connectivity index (χ0) is 13.4. The van der Waals surface area contributed by atoms with Crippen molar-refractivity contribution < 1.29 is 9.90 Å². The number of benzene rings is 1. The maximum Gasteiger partial charge on any atom is 0.234 e. The van der Waals surface area contributed by atoms with Crippen LogP contribution in [0.25, 0.3) is 0 Å². The largest absolute Gasteiger partial charge is 0.394 e. The Kier molecular flexibility index (Phi) is 6.39.